The molecule has 0 atom stereocenters. The van der Waals surface area contributed by atoms with Crippen LogP contribution in [0.25, 0.3) is 22.0 Å². The highest BCUT2D eigenvalue weighted by atomic mass is 16.5. The Labute approximate surface area is 196 Å². The van der Waals surface area contributed by atoms with Crippen molar-refractivity contribution in [2.24, 2.45) is 5.73 Å². The number of fused-ring (bicyclic) bond motifs is 1. The molecule has 0 aliphatic rings. The Balaban J connectivity index is 1.87. The van der Waals surface area contributed by atoms with E-state index < -0.39 is 0 Å². The molecule has 0 fully saturated rings. The lowest BCUT2D eigenvalue weighted by atomic mass is 9.88. The number of benzene rings is 3. The molecule has 2 N–H and O–H groups in total. The van der Waals surface area contributed by atoms with Gasteiger partial charge in [-0.25, -0.2) is 0 Å². The monoisotopic (exact) mass is 440 g/mol. The number of hydrogen-bond donors (Lipinski definition) is 1. The molecule has 0 saturated carbocycles. The standard InChI is InChI=1S/C29H32N2O2/c1-29(2,30)19-21-16-27(32-3)28(33-4)18-24(21)25-17-22(15-14-20-10-6-5-7-11-20)31-26-13-9-8-12-23(25)26/h5-13,16-18H,14-15,19,30H2,1-4H3. The maximum absolute atomic E-state index is 6.45. The molecular weight excluding hydrogens is 408 g/mol. The van der Waals surface area contributed by atoms with Gasteiger partial charge in [0.1, 0.15) is 0 Å². The molecule has 1 heterocycles. The van der Waals surface area contributed by atoms with Gasteiger partial charge in [-0.15, -0.1) is 0 Å². The second-order valence-corrected chi connectivity index (χ2v) is 9.19. The number of pyridine rings is 1. The van der Waals surface area contributed by atoms with Crippen LogP contribution < -0.4 is 15.2 Å². The first-order valence-corrected chi connectivity index (χ1v) is 11.3. The smallest absolute Gasteiger partial charge is 0.161 e. The molecule has 33 heavy (non-hydrogen) atoms. The minimum atomic E-state index is -0.368. The number of nitrogens with zero attached hydrogens (tertiary/aromatic N) is 1. The molecule has 4 heteroatoms. The third-order valence-electron chi connectivity index (χ3n) is 5.83. The number of aryl methyl sites for hydroxylation is 2. The molecular formula is C29H32N2O2. The van der Waals surface area contributed by atoms with Gasteiger partial charge in [0.2, 0.25) is 0 Å². The Morgan fingerprint density at radius 1 is 0.788 bits per heavy atom. The predicted molar refractivity (Wildman–Crippen MR) is 136 cm³/mol. The van der Waals surface area contributed by atoms with Crippen molar-refractivity contribution in [3.8, 4) is 22.6 Å². The van der Waals surface area contributed by atoms with Gasteiger partial charge in [-0.2, -0.15) is 0 Å². The molecule has 0 unspecified atom stereocenters. The number of ether oxygens (including phenoxy) is 2. The summed E-state index contributed by atoms with van der Waals surface area (Å²) in [5.41, 5.74) is 12.8. The lowest BCUT2D eigenvalue weighted by molar-refractivity contribution is 0.354. The van der Waals surface area contributed by atoms with Crippen LogP contribution in [0.15, 0.2) is 72.8 Å². The fourth-order valence-corrected chi connectivity index (χ4v) is 4.31. The van der Waals surface area contributed by atoms with Crippen molar-refractivity contribution in [1.29, 1.82) is 0 Å². The van der Waals surface area contributed by atoms with Crippen LogP contribution in [0.4, 0.5) is 0 Å². The first-order valence-electron chi connectivity index (χ1n) is 11.3. The van der Waals surface area contributed by atoms with E-state index in [9.17, 15) is 0 Å². The third kappa shape index (κ3) is 5.35. The van der Waals surface area contributed by atoms with E-state index in [-0.39, 0.29) is 5.54 Å². The maximum Gasteiger partial charge on any atom is 0.161 e. The van der Waals surface area contributed by atoms with E-state index in [4.69, 9.17) is 20.2 Å². The summed E-state index contributed by atoms with van der Waals surface area (Å²) in [7, 11) is 3.34. The summed E-state index contributed by atoms with van der Waals surface area (Å²) in [4.78, 5) is 4.98. The molecule has 0 aliphatic heterocycles. The Kier molecular flexibility index (Phi) is 6.66. The van der Waals surface area contributed by atoms with E-state index in [1.54, 1.807) is 14.2 Å². The fraction of sp³-hybridized carbons (Fsp3) is 0.276. The van der Waals surface area contributed by atoms with Gasteiger partial charge in [0.15, 0.2) is 11.5 Å². The quantitative estimate of drug-likeness (QED) is 0.366. The topological polar surface area (TPSA) is 57.4 Å². The Morgan fingerprint density at radius 2 is 1.45 bits per heavy atom. The predicted octanol–water partition coefficient (Wildman–Crippen LogP) is 5.98. The lowest BCUT2D eigenvalue weighted by Crippen LogP contribution is -2.34. The van der Waals surface area contributed by atoms with Gasteiger partial charge in [-0.1, -0.05) is 48.5 Å². The number of rotatable bonds is 8. The van der Waals surface area contributed by atoms with Gasteiger partial charge in [0.05, 0.1) is 19.7 Å². The van der Waals surface area contributed by atoms with Crippen LogP contribution >= 0.6 is 0 Å². The average molecular weight is 441 g/mol. The highest BCUT2D eigenvalue weighted by molar-refractivity contribution is 5.96. The van der Waals surface area contributed by atoms with Crippen LogP contribution in [0.1, 0.15) is 30.7 Å². The highest BCUT2D eigenvalue weighted by Crippen LogP contribution is 2.39. The van der Waals surface area contributed by atoms with Gasteiger partial charge in [0.25, 0.3) is 0 Å². The van der Waals surface area contributed by atoms with E-state index >= 15 is 0 Å². The molecule has 0 amide bonds. The summed E-state index contributed by atoms with van der Waals surface area (Å²) in [6, 6.07) is 25.2. The Hall–Kier alpha value is -3.37. The van der Waals surface area contributed by atoms with Crippen LogP contribution in [0.2, 0.25) is 0 Å². The summed E-state index contributed by atoms with van der Waals surface area (Å²) in [6.07, 6.45) is 2.52. The van der Waals surface area contributed by atoms with E-state index in [0.717, 1.165) is 46.1 Å². The minimum Gasteiger partial charge on any atom is -0.493 e. The fourth-order valence-electron chi connectivity index (χ4n) is 4.31. The van der Waals surface area contributed by atoms with E-state index in [0.29, 0.717) is 17.9 Å². The molecule has 0 saturated heterocycles. The van der Waals surface area contributed by atoms with Crippen molar-refractivity contribution < 1.29 is 9.47 Å². The van der Waals surface area contributed by atoms with Crippen molar-refractivity contribution in [2.45, 2.75) is 38.6 Å². The zero-order chi connectivity index (χ0) is 23.4. The molecule has 170 valence electrons. The molecule has 4 aromatic rings. The lowest BCUT2D eigenvalue weighted by Gasteiger charge is -2.23. The zero-order valence-electron chi connectivity index (χ0n) is 19.9. The summed E-state index contributed by atoms with van der Waals surface area (Å²) in [5, 5.41) is 1.12. The number of para-hydroxylation sites is 1. The van der Waals surface area contributed by atoms with Gasteiger partial charge in [0, 0.05) is 16.6 Å². The first kappa shape index (κ1) is 22.8. The van der Waals surface area contributed by atoms with Crippen LogP contribution in [0.5, 0.6) is 11.5 Å². The average Bonchev–Trinajstić information content (AvgIpc) is 2.81. The van der Waals surface area contributed by atoms with Gasteiger partial charge in [-0.3, -0.25) is 4.98 Å². The van der Waals surface area contributed by atoms with E-state index in [1.807, 2.05) is 26.0 Å². The van der Waals surface area contributed by atoms with Crippen LogP contribution in [0, 0.1) is 0 Å². The van der Waals surface area contributed by atoms with Gasteiger partial charge >= 0.3 is 0 Å². The SMILES string of the molecule is COc1cc(CC(C)(C)N)c(-c2cc(CCc3ccccc3)nc3ccccc23)cc1OC. The molecule has 4 nitrogen and oxygen atoms in total. The van der Waals surface area contributed by atoms with Crippen molar-refractivity contribution in [3.63, 3.8) is 0 Å². The Bertz CT molecular complexity index is 1240. The summed E-state index contributed by atoms with van der Waals surface area (Å²) in [6.45, 7) is 4.09. The number of aromatic nitrogens is 1. The van der Waals surface area contributed by atoms with E-state index in [2.05, 4.69) is 60.7 Å². The molecule has 4 rings (SSSR count). The highest BCUT2D eigenvalue weighted by Gasteiger charge is 2.20. The number of hydrogen-bond acceptors (Lipinski definition) is 4. The van der Waals surface area contributed by atoms with Crippen LogP contribution in [-0.4, -0.2) is 24.7 Å². The van der Waals surface area contributed by atoms with E-state index in [1.165, 1.54) is 5.56 Å². The van der Waals surface area contributed by atoms with Crippen LogP contribution in [-0.2, 0) is 19.3 Å². The van der Waals surface area contributed by atoms with Crippen molar-refractivity contribution >= 4 is 10.9 Å². The third-order valence-corrected chi connectivity index (χ3v) is 5.83. The van der Waals surface area contributed by atoms with Gasteiger partial charge < -0.3 is 15.2 Å². The number of methoxy groups -OCH3 is 2. The summed E-state index contributed by atoms with van der Waals surface area (Å²) in [5.74, 6) is 1.42. The molecule has 3 aromatic carbocycles. The van der Waals surface area contributed by atoms with Crippen molar-refractivity contribution in [2.75, 3.05) is 14.2 Å². The molecule has 0 aliphatic carbocycles. The molecule has 1 aromatic heterocycles. The summed E-state index contributed by atoms with van der Waals surface area (Å²) < 4.78 is 11.3. The van der Waals surface area contributed by atoms with Gasteiger partial charge in [-0.05, 0) is 79.6 Å². The second kappa shape index (κ2) is 9.63. The van der Waals surface area contributed by atoms with Crippen molar-refractivity contribution in [3.05, 3.63) is 89.6 Å². The number of nitrogens with two attached hydrogens (primary N) is 1. The normalized spacial score (nSPS) is 11.5. The first-order chi connectivity index (χ1) is 15.9. The molecule has 0 bridgehead atoms. The maximum atomic E-state index is 6.45. The molecule has 0 spiro atoms. The molecule has 0 radical (unpaired) electrons. The largest absolute Gasteiger partial charge is 0.493 e. The van der Waals surface area contributed by atoms with Crippen LogP contribution in [0.3, 0.4) is 0 Å². The Morgan fingerprint density at radius 3 is 2.15 bits per heavy atom. The van der Waals surface area contributed by atoms with Crippen molar-refractivity contribution in [1.82, 2.24) is 4.98 Å². The zero-order valence-corrected chi connectivity index (χ0v) is 19.9. The second-order valence-electron chi connectivity index (χ2n) is 9.19. The summed E-state index contributed by atoms with van der Waals surface area (Å²) >= 11 is 0. The minimum absolute atomic E-state index is 0.368.